The number of allylic oxidation sites excluding steroid dienone is 4. The van der Waals surface area contributed by atoms with Crippen molar-refractivity contribution in [2.45, 2.75) is 154 Å². The zero-order valence-corrected chi connectivity index (χ0v) is 37.8. The molecular formula is C46H73N6O8P. The predicted octanol–water partition coefficient (Wildman–Crippen LogP) is 14.7. The summed E-state index contributed by atoms with van der Waals surface area (Å²) in [4.78, 5) is 30.2. The van der Waals surface area contributed by atoms with Gasteiger partial charge in [-0.05, 0) is 112 Å². The molecule has 2 aromatic carbocycles. The van der Waals surface area contributed by atoms with Crippen molar-refractivity contribution in [3.63, 3.8) is 0 Å². The summed E-state index contributed by atoms with van der Waals surface area (Å²) in [6.45, 7) is 0.928. The van der Waals surface area contributed by atoms with Gasteiger partial charge >= 0.3 is 19.7 Å². The number of ether oxygens (including phenoxy) is 2. The van der Waals surface area contributed by atoms with Gasteiger partial charge in [-0.25, -0.2) is 4.57 Å². The molecule has 0 radical (unpaired) electrons. The van der Waals surface area contributed by atoms with Gasteiger partial charge in [-0.1, -0.05) is 130 Å². The number of azide groups is 2. The van der Waals surface area contributed by atoms with E-state index in [1.54, 1.807) is 60.7 Å². The van der Waals surface area contributed by atoms with Gasteiger partial charge in [0.25, 0.3) is 0 Å². The van der Waals surface area contributed by atoms with Crippen molar-refractivity contribution in [3.05, 3.63) is 106 Å². The molecule has 0 aliphatic carbocycles. The van der Waals surface area contributed by atoms with Gasteiger partial charge in [-0.2, -0.15) is 0 Å². The number of benzene rings is 2. The summed E-state index contributed by atoms with van der Waals surface area (Å²) >= 11 is 0. The molecule has 0 saturated carbocycles. The molecule has 2 aromatic rings. The number of para-hydroxylation sites is 2. The highest BCUT2D eigenvalue weighted by Crippen LogP contribution is 2.50. The third-order valence-electron chi connectivity index (χ3n) is 9.09. The summed E-state index contributed by atoms with van der Waals surface area (Å²) in [5.41, 5.74) is 16.6. The van der Waals surface area contributed by atoms with Crippen LogP contribution in [0.1, 0.15) is 154 Å². The molecule has 15 heteroatoms. The Morgan fingerprint density at radius 2 is 0.918 bits per heavy atom. The van der Waals surface area contributed by atoms with Crippen LogP contribution in [0.2, 0.25) is 0 Å². The van der Waals surface area contributed by atoms with E-state index in [4.69, 9.17) is 25.2 Å². The van der Waals surface area contributed by atoms with Gasteiger partial charge in [-0.15, -0.1) is 0 Å². The number of carbonyl (C=O) groups is 2. The zero-order valence-electron chi connectivity index (χ0n) is 36.9. The Bertz CT molecular complexity index is 1510. The van der Waals surface area contributed by atoms with Crippen LogP contribution in [0.4, 0.5) is 0 Å². The van der Waals surface area contributed by atoms with Crippen molar-refractivity contribution in [2.75, 3.05) is 27.4 Å². The van der Waals surface area contributed by atoms with Crippen molar-refractivity contribution in [2.24, 2.45) is 10.00 Å². The fourth-order valence-corrected chi connectivity index (χ4v) is 6.69. The Kier molecular flexibility index (Phi) is 40.0. The first kappa shape index (κ1) is 56.3. The highest BCUT2D eigenvalue weighted by molar-refractivity contribution is 7.53. The number of nitrogens with zero attached hydrogens (tertiary/aromatic N) is 6. The largest absolute Gasteiger partial charge is 0.525 e. The minimum Gasteiger partial charge on any atom is -0.469 e. The number of aliphatic hydroxyl groups is 1. The fourth-order valence-electron chi connectivity index (χ4n) is 5.70. The van der Waals surface area contributed by atoms with E-state index in [0.717, 1.165) is 64.2 Å². The Hall–Kier alpha value is -4.73. The Balaban J connectivity index is 0.000000887. The second-order valence-corrected chi connectivity index (χ2v) is 15.7. The second kappa shape index (κ2) is 43.4. The topological polar surface area (TPSA) is 206 Å². The van der Waals surface area contributed by atoms with Crippen LogP contribution < -0.4 is 9.05 Å². The molecule has 0 fully saturated rings. The van der Waals surface area contributed by atoms with Gasteiger partial charge in [0.05, 0.1) is 14.2 Å². The van der Waals surface area contributed by atoms with E-state index >= 15 is 0 Å². The summed E-state index contributed by atoms with van der Waals surface area (Å²) in [5, 5.41) is 12.1. The van der Waals surface area contributed by atoms with Crippen molar-refractivity contribution >= 4 is 19.7 Å². The average Bonchev–Trinajstić information content (AvgIpc) is 3.27. The highest BCUT2D eigenvalue weighted by Gasteiger charge is 2.26. The van der Waals surface area contributed by atoms with Crippen LogP contribution >= 0.6 is 7.75 Å². The zero-order chi connectivity index (χ0) is 44.8. The molecule has 0 aromatic heterocycles. The van der Waals surface area contributed by atoms with Crippen LogP contribution in [0.15, 0.2) is 95.0 Å². The lowest BCUT2D eigenvalue weighted by Gasteiger charge is -2.14. The molecule has 61 heavy (non-hydrogen) atoms. The molecule has 0 amide bonds. The molecule has 340 valence electrons. The molecule has 0 heterocycles. The summed E-state index contributed by atoms with van der Waals surface area (Å²) in [6.07, 6.45) is 35.7. The average molecular weight is 869 g/mol. The Labute approximate surface area is 365 Å². The lowest BCUT2D eigenvalue weighted by atomic mass is 10.1. The number of methoxy groups -OCH3 is 2. The molecule has 0 unspecified atom stereocenters. The molecule has 0 bridgehead atoms. The van der Waals surface area contributed by atoms with E-state index < -0.39 is 7.75 Å². The maximum atomic E-state index is 12.3. The predicted molar refractivity (Wildman–Crippen MR) is 245 cm³/mol. The summed E-state index contributed by atoms with van der Waals surface area (Å²) < 4.78 is 31.8. The minimum absolute atomic E-state index is 0.0872. The summed E-state index contributed by atoms with van der Waals surface area (Å²) in [5.74, 6) is 0.420. The van der Waals surface area contributed by atoms with Crippen LogP contribution in [-0.4, -0.2) is 44.4 Å². The normalized spacial score (nSPS) is 10.7. The van der Waals surface area contributed by atoms with E-state index in [-0.39, 0.29) is 11.9 Å². The lowest BCUT2D eigenvalue weighted by Crippen LogP contribution is -1.99. The fraction of sp³-hybridized carbons (Fsp3) is 0.609. The second-order valence-electron chi connectivity index (χ2n) is 14.2. The first-order chi connectivity index (χ1) is 29.8. The number of carbonyl (C=O) groups excluding carboxylic acids is 2. The van der Waals surface area contributed by atoms with Crippen LogP contribution in [0.5, 0.6) is 11.5 Å². The number of hydrogen-bond donors (Lipinski definition) is 1. The van der Waals surface area contributed by atoms with Gasteiger partial charge in [0.2, 0.25) is 0 Å². The number of aliphatic hydroxyl groups excluding tert-OH is 1. The molecule has 14 nitrogen and oxygen atoms in total. The number of esters is 2. The molecule has 0 spiro atoms. The molecule has 2 rings (SSSR count). The van der Waals surface area contributed by atoms with E-state index in [0.29, 0.717) is 37.5 Å². The lowest BCUT2D eigenvalue weighted by molar-refractivity contribution is -0.141. The van der Waals surface area contributed by atoms with Crippen molar-refractivity contribution < 1.29 is 37.8 Å². The van der Waals surface area contributed by atoms with E-state index in [2.05, 4.69) is 53.6 Å². The Morgan fingerprint density at radius 1 is 0.557 bits per heavy atom. The summed E-state index contributed by atoms with van der Waals surface area (Å²) in [7, 11) is -1.06. The van der Waals surface area contributed by atoms with Gasteiger partial charge in [0, 0.05) is 40.7 Å². The first-order valence-corrected chi connectivity index (χ1v) is 23.5. The standard InChI is InChI=1S/C17H31N3O2.C17H32O3.C12H10N3O3P/c1-22-17(21)15-13-11-9-7-5-3-2-4-6-8-10-12-14-16-19-20-18;1-20-17(19)15-13-11-9-7-5-3-2-4-6-8-10-12-14-16-18;13-14-15-19(16,17-11-7-3-1-4-8-11)18-12-9-5-2-6-10-12/h6,8H,2-5,7,9-16H2,1H3;6,8,18H,2-5,7,9-16H2,1H3;1-10H/b2*8-6-;. The third kappa shape index (κ3) is 39.2. The maximum absolute atomic E-state index is 12.3. The smallest absolute Gasteiger partial charge is 0.469 e. The van der Waals surface area contributed by atoms with E-state index in [1.165, 1.54) is 91.3 Å². The van der Waals surface area contributed by atoms with Crippen molar-refractivity contribution in [1.29, 1.82) is 0 Å². The van der Waals surface area contributed by atoms with Gasteiger partial charge < -0.3 is 23.6 Å². The maximum Gasteiger partial charge on any atom is 0.525 e. The van der Waals surface area contributed by atoms with Crippen LogP contribution in [0.25, 0.3) is 20.9 Å². The van der Waals surface area contributed by atoms with E-state index in [1.807, 2.05) is 0 Å². The number of rotatable bonds is 34. The summed E-state index contributed by atoms with van der Waals surface area (Å²) in [6, 6.07) is 16.8. The number of unbranched alkanes of at least 4 members (excludes halogenated alkanes) is 18. The number of hydrogen-bond acceptors (Lipinski definition) is 9. The van der Waals surface area contributed by atoms with Crippen LogP contribution in [0.3, 0.4) is 0 Å². The first-order valence-electron chi connectivity index (χ1n) is 22.0. The molecule has 0 atom stereocenters. The molecule has 0 aliphatic rings. The van der Waals surface area contributed by atoms with Crippen LogP contribution in [0, 0.1) is 0 Å². The molecule has 0 saturated heterocycles. The molecular weight excluding hydrogens is 796 g/mol. The van der Waals surface area contributed by atoms with Crippen LogP contribution in [-0.2, 0) is 23.6 Å². The SMILES string of the molecule is COC(=O)CCCCCCCCC/C=C\CCCCN=[N+]=[N-].COC(=O)CCCCCCCCC/C=C\CCCCO.[N-]=[N+]=NP(=O)(Oc1ccccc1)Oc1ccccc1. The molecule has 0 aliphatic heterocycles. The minimum atomic E-state index is -3.95. The van der Waals surface area contributed by atoms with Gasteiger partial charge in [0.1, 0.15) is 11.5 Å². The third-order valence-corrected chi connectivity index (χ3v) is 10.3. The molecule has 1 N–H and O–H groups in total. The van der Waals surface area contributed by atoms with Crippen molar-refractivity contribution in [3.8, 4) is 11.5 Å². The van der Waals surface area contributed by atoms with E-state index in [9.17, 15) is 14.2 Å². The Morgan fingerprint density at radius 3 is 1.28 bits per heavy atom. The highest BCUT2D eigenvalue weighted by atomic mass is 31.2. The monoisotopic (exact) mass is 869 g/mol. The van der Waals surface area contributed by atoms with Gasteiger partial charge in [-0.3, -0.25) is 9.59 Å². The quantitative estimate of drug-likeness (QED) is 0.0136. The van der Waals surface area contributed by atoms with Crippen molar-refractivity contribution in [1.82, 2.24) is 0 Å². The van der Waals surface area contributed by atoms with Gasteiger partial charge in [0.15, 0.2) is 0 Å².